The lowest BCUT2D eigenvalue weighted by Gasteiger charge is -2.16. The summed E-state index contributed by atoms with van der Waals surface area (Å²) in [5.41, 5.74) is 5.19. The van der Waals surface area contributed by atoms with E-state index in [0.717, 1.165) is 19.5 Å². The van der Waals surface area contributed by atoms with Crippen LogP contribution in [0, 0.1) is 0 Å². The van der Waals surface area contributed by atoms with Gasteiger partial charge in [-0.1, -0.05) is 55.5 Å². The number of hydrogen-bond acceptors (Lipinski definition) is 2. The molecule has 1 aliphatic rings. The zero-order valence-electron chi connectivity index (χ0n) is 12.7. The second kappa shape index (κ2) is 6.88. The van der Waals surface area contributed by atoms with E-state index in [-0.39, 0.29) is 0 Å². The molecule has 1 heterocycles. The predicted octanol–water partition coefficient (Wildman–Crippen LogP) is 4.44. The number of rotatable bonds is 5. The molecule has 0 unspecified atom stereocenters. The molecule has 0 bridgehead atoms. The molecule has 0 aliphatic carbocycles. The van der Waals surface area contributed by atoms with Gasteiger partial charge in [0, 0.05) is 13.1 Å². The maximum Gasteiger partial charge on any atom is 0.0941 e. The smallest absolute Gasteiger partial charge is 0.0941 e. The van der Waals surface area contributed by atoms with Gasteiger partial charge in [-0.2, -0.15) is 5.06 Å². The molecule has 2 aromatic rings. The molecule has 2 heteroatoms. The Labute approximate surface area is 127 Å². The van der Waals surface area contributed by atoms with Crippen LogP contribution in [-0.4, -0.2) is 18.2 Å². The van der Waals surface area contributed by atoms with Crippen molar-refractivity contribution in [2.75, 3.05) is 13.1 Å². The van der Waals surface area contributed by atoms with Crippen molar-refractivity contribution in [3.63, 3.8) is 0 Å². The molecule has 1 saturated heterocycles. The minimum atomic E-state index is 0.658. The minimum Gasteiger partial charge on any atom is -0.294 e. The Bertz CT molecular complexity index is 570. The molecule has 0 N–H and O–H groups in total. The van der Waals surface area contributed by atoms with Crippen LogP contribution in [0.25, 0.3) is 11.1 Å². The van der Waals surface area contributed by atoms with E-state index in [1.165, 1.54) is 35.1 Å². The second-order valence-electron chi connectivity index (χ2n) is 5.62. The van der Waals surface area contributed by atoms with Gasteiger partial charge in [-0.25, -0.2) is 0 Å². The second-order valence-corrected chi connectivity index (χ2v) is 5.62. The quantitative estimate of drug-likeness (QED) is 0.803. The molecular weight excluding hydrogens is 258 g/mol. The highest BCUT2D eigenvalue weighted by Gasteiger charge is 2.13. The van der Waals surface area contributed by atoms with Gasteiger partial charge in [0.15, 0.2) is 0 Å². The molecule has 0 atom stereocenters. The summed E-state index contributed by atoms with van der Waals surface area (Å²) in [4.78, 5) is 5.93. The summed E-state index contributed by atoms with van der Waals surface area (Å²) in [7, 11) is 0. The fraction of sp³-hybridized carbons (Fsp3) is 0.368. The number of aryl methyl sites for hydroxylation is 1. The van der Waals surface area contributed by atoms with Gasteiger partial charge in [0.25, 0.3) is 0 Å². The van der Waals surface area contributed by atoms with Crippen molar-refractivity contribution >= 4 is 0 Å². The summed E-state index contributed by atoms with van der Waals surface area (Å²) in [6.07, 6.45) is 3.58. The van der Waals surface area contributed by atoms with Gasteiger partial charge in [-0.05, 0) is 41.5 Å². The Balaban J connectivity index is 1.77. The van der Waals surface area contributed by atoms with Crippen molar-refractivity contribution in [2.24, 2.45) is 0 Å². The van der Waals surface area contributed by atoms with Crippen molar-refractivity contribution in [2.45, 2.75) is 32.8 Å². The highest BCUT2D eigenvalue weighted by molar-refractivity contribution is 5.67. The highest BCUT2D eigenvalue weighted by Crippen LogP contribution is 2.25. The van der Waals surface area contributed by atoms with Crippen molar-refractivity contribution in [3.05, 3.63) is 59.7 Å². The van der Waals surface area contributed by atoms with Crippen LogP contribution in [0.5, 0.6) is 0 Å². The molecule has 1 aliphatic heterocycles. The van der Waals surface area contributed by atoms with Gasteiger partial charge in [0.05, 0.1) is 6.61 Å². The van der Waals surface area contributed by atoms with E-state index in [1.807, 2.05) is 0 Å². The lowest BCUT2D eigenvalue weighted by Crippen LogP contribution is -2.19. The number of hydroxylamine groups is 2. The van der Waals surface area contributed by atoms with Gasteiger partial charge in [-0.3, -0.25) is 4.84 Å². The van der Waals surface area contributed by atoms with E-state index in [0.29, 0.717) is 6.61 Å². The summed E-state index contributed by atoms with van der Waals surface area (Å²) in [6.45, 7) is 4.97. The summed E-state index contributed by atoms with van der Waals surface area (Å²) < 4.78 is 0. The molecule has 2 nitrogen and oxygen atoms in total. The SMILES string of the molecule is CCc1ccc(-c2ccccc2CON2CCCC2)cc1. The average molecular weight is 281 g/mol. The molecule has 0 aromatic heterocycles. The third-order valence-corrected chi connectivity index (χ3v) is 4.16. The lowest BCUT2D eigenvalue weighted by molar-refractivity contribution is -0.153. The van der Waals surface area contributed by atoms with Crippen molar-refractivity contribution in [1.82, 2.24) is 5.06 Å². The van der Waals surface area contributed by atoms with E-state index in [1.54, 1.807) is 0 Å². The van der Waals surface area contributed by atoms with E-state index in [2.05, 4.69) is 60.5 Å². The van der Waals surface area contributed by atoms with Gasteiger partial charge in [0.1, 0.15) is 0 Å². The Morgan fingerprint density at radius 2 is 1.67 bits per heavy atom. The standard InChI is InChI=1S/C19H23NO/c1-2-16-9-11-17(12-10-16)19-8-4-3-7-18(19)15-21-20-13-5-6-14-20/h3-4,7-12H,2,5-6,13-15H2,1H3. The number of nitrogens with zero attached hydrogens (tertiary/aromatic N) is 1. The minimum absolute atomic E-state index is 0.658. The third kappa shape index (κ3) is 3.52. The summed E-state index contributed by atoms with van der Waals surface area (Å²) >= 11 is 0. The summed E-state index contributed by atoms with van der Waals surface area (Å²) in [5, 5.41) is 2.09. The van der Waals surface area contributed by atoms with Crippen LogP contribution in [0.2, 0.25) is 0 Å². The van der Waals surface area contributed by atoms with Gasteiger partial charge in [0.2, 0.25) is 0 Å². The maximum atomic E-state index is 5.93. The summed E-state index contributed by atoms with van der Waals surface area (Å²) in [5.74, 6) is 0. The topological polar surface area (TPSA) is 12.5 Å². The van der Waals surface area contributed by atoms with Gasteiger partial charge >= 0.3 is 0 Å². The predicted molar refractivity (Wildman–Crippen MR) is 86.9 cm³/mol. The number of hydrogen-bond donors (Lipinski definition) is 0. The van der Waals surface area contributed by atoms with Crippen molar-refractivity contribution < 1.29 is 4.84 Å². The zero-order chi connectivity index (χ0) is 14.5. The van der Waals surface area contributed by atoms with E-state index < -0.39 is 0 Å². The zero-order valence-corrected chi connectivity index (χ0v) is 12.7. The van der Waals surface area contributed by atoms with E-state index in [4.69, 9.17) is 4.84 Å². The molecule has 0 radical (unpaired) electrons. The number of benzene rings is 2. The molecule has 1 fully saturated rings. The lowest BCUT2D eigenvalue weighted by atomic mass is 9.99. The highest BCUT2D eigenvalue weighted by atomic mass is 16.7. The fourth-order valence-electron chi connectivity index (χ4n) is 2.83. The van der Waals surface area contributed by atoms with Crippen LogP contribution < -0.4 is 0 Å². The average Bonchev–Trinajstić information content (AvgIpc) is 3.07. The maximum absolute atomic E-state index is 5.93. The first-order valence-electron chi connectivity index (χ1n) is 7.92. The Morgan fingerprint density at radius 1 is 0.952 bits per heavy atom. The molecule has 0 amide bonds. The molecular formula is C19H23NO. The van der Waals surface area contributed by atoms with Crippen molar-refractivity contribution in [3.8, 4) is 11.1 Å². The Hall–Kier alpha value is -1.64. The monoisotopic (exact) mass is 281 g/mol. The molecule has 2 aromatic carbocycles. The van der Waals surface area contributed by atoms with Crippen LogP contribution in [0.4, 0.5) is 0 Å². The Morgan fingerprint density at radius 3 is 2.38 bits per heavy atom. The largest absolute Gasteiger partial charge is 0.294 e. The van der Waals surface area contributed by atoms with Crippen LogP contribution >= 0.6 is 0 Å². The molecule has 0 spiro atoms. The van der Waals surface area contributed by atoms with Crippen LogP contribution in [0.3, 0.4) is 0 Å². The first-order valence-corrected chi connectivity index (χ1v) is 7.92. The normalized spacial score (nSPS) is 15.5. The van der Waals surface area contributed by atoms with Crippen molar-refractivity contribution in [1.29, 1.82) is 0 Å². The third-order valence-electron chi connectivity index (χ3n) is 4.16. The van der Waals surface area contributed by atoms with Gasteiger partial charge in [-0.15, -0.1) is 0 Å². The van der Waals surface area contributed by atoms with Crippen LogP contribution in [-0.2, 0) is 17.9 Å². The van der Waals surface area contributed by atoms with E-state index >= 15 is 0 Å². The van der Waals surface area contributed by atoms with E-state index in [9.17, 15) is 0 Å². The van der Waals surface area contributed by atoms with Crippen LogP contribution in [0.1, 0.15) is 30.9 Å². The fourth-order valence-corrected chi connectivity index (χ4v) is 2.83. The van der Waals surface area contributed by atoms with Gasteiger partial charge < -0.3 is 0 Å². The molecule has 110 valence electrons. The molecule has 0 saturated carbocycles. The van der Waals surface area contributed by atoms with Crippen LogP contribution in [0.15, 0.2) is 48.5 Å². The Kier molecular flexibility index (Phi) is 4.69. The molecule has 3 rings (SSSR count). The summed E-state index contributed by atoms with van der Waals surface area (Å²) in [6, 6.07) is 17.4. The molecule has 21 heavy (non-hydrogen) atoms. The first kappa shape index (κ1) is 14.3. The first-order chi connectivity index (χ1) is 10.4.